The lowest BCUT2D eigenvalue weighted by Gasteiger charge is -1.95. The molecule has 0 aliphatic heterocycles. The molecule has 4 nitrogen and oxygen atoms in total. The largest absolute Gasteiger partial charge is 0.390 e. The van der Waals surface area contributed by atoms with Gasteiger partial charge in [-0.05, 0) is 30.9 Å². The van der Waals surface area contributed by atoms with E-state index in [0.717, 1.165) is 26.8 Å². The monoisotopic (exact) mass is 276 g/mol. The van der Waals surface area contributed by atoms with Crippen molar-refractivity contribution in [3.05, 3.63) is 28.0 Å². The summed E-state index contributed by atoms with van der Waals surface area (Å²) in [4.78, 5) is 6.82. The van der Waals surface area contributed by atoms with Crippen LogP contribution < -0.4 is 5.73 Å². The molecule has 0 saturated heterocycles. The van der Waals surface area contributed by atoms with Crippen molar-refractivity contribution in [1.82, 2.24) is 15.2 Å². The summed E-state index contributed by atoms with van der Waals surface area (Å²) in [5.41, 5.74) is 8.15. The molecule has 0 aliphatic rings. The predicted octanol–water partition coefficient (Wildman–Crippen LogP) is 3.46. The maximum atomic E-state index is 6.03. The molecule has 3 heterocycles. The highest BCUT2D eigenvalue weighted by atomic mass is 32.1. The van der Waals surface area contributed by atoms with Crippen molar-refractivity contribution in [3.63, 3.8) is 0 Å². The molecule has 0 aliphatic carbocycles. The molecule has 0 fully saturated rings. The van der Waals surface area contributed by atoms with E-state index in [2.05, 4.69) is 29.0 Å². The maximum absolute atomic E-state index is 6.03. The highest BCUT2D eigenvalue weighted by Gasteiger charge is 2.17. The molecule has 92 valence electrons. The van der Waals surface area contributed by atoms with E-state index in [1.54, 1.807) is 22.7 Å². The van der Waals surface area contributed by atoms with E-state index in [9.17, 15) is 0 Å². The van der Waals surface area contributed by atoms with Crippen LogP contribution in [0.5, 0.6) is 0 Å². The van der Waals surface area contributed by atoms with E-state index in [1.165, 1.54) is 4.88 Å². The van der Waals surface area contributed by atoms with Crippen LogP contribution in [-0.2, 0) is 0 Å². The Morgan fingerprint density at radius 1 is 1.33 bits per heavy atom. The van der Waals surface area contributed by atoms with Gasteiger partial charge in [0.25, 0.3) is 0 Å². The Hall–Kier alpha value is -1.66. The van der Waals surface area contributed by atoms with Crippen LogP contribution in [0.25, 0.3) is 22.1 Å². The molecular formula is C12H12N4S2. The number of nitrogens with zero attached hydrogens (tertiary/aromatic N) is 2. The van der Waals surface area contributed by atoms with Gasteiger partial charge in [0.1, 0.15) is 0 Å². The first-order valence-electron chi connectivity index (χ1n) is 5.49. The molecule has 3 rings (SSSR count). The Labute approximate surface area is 113 Å². The fourth-order valence-corrected chi connectivity index (χ4v) is 3.42. The minimum absolute atomic E-state index is 0.678. The lowest BCUT2D eigenvalue weighted by atomic mass is 10.1. The van der Waals surface area contributed by atoms with Crippen LogP contribution in [0.15, 0.2) is 17.5 Å². The normalized spacial score (nSPS) is 11.0. The molecule has 0 saturated carbocycles. The second-order valence-corrected chi connectivity index (χ2v) is 6.21. The highest BCUT2D eigenvalue weighted by Crippen LogP contribution is 2.36. The molecule has 6 heteroatoms. The zero-order chi connectivity index (χ0) is 12.7. The van der Waals surface area contributed by atoms with Crippen LogP contribution in [-0.4, -0.2) is 15.2 Å². The predicted molar refractivity (Wildman–Crippen MR) is 76.9 cm³/mol. The third-order valence-corrected chi connectivity index (χ3v) is 4.79. The molecule has 0 unspecified atom stereocenters. The van der Waals surface area contributed by atoms with Crippen molar-refractivity contribution < 1.29 is 0 Å². The first-order chi connectivity index (χ1) is 8.66. The van der Waals surface area contributed by atoms with Crippen LogP contribution in [0.2, 0.25) is 0 Å². The number of rotatable bonds is 2. The Bertz CT molecular complexity index is 679. The number of aromatic amines is 1. The molecular weight excluding hydrogens is 264 g/mol. The molecule has 0 bridgehead atoms. The van der Waals surface area contributed by atoms with E-state index in [1.807, 2.05) is 17.5 Å². The van der Waals surface area contributed by atoms with Gasteiger partial charge in [0.2, 0.25) is 0 Å². The smallest absolute Gasteiger partial charge is 0.184 e. The Morgan fingerprint density at radius 2 is 2.17 bits per heavy atom. The number of aromatic nitrogens is 3. The van der Waals surface area contributed by atoms with E-state index >= 15 is 0 Å². The minimum Gasteiger partial charge on any atom is -0.390 e. The second-order valence-electron chi connectivity index (χ2n) is 4.01. The Morgan fingerprint density at radius 3 is 2.78 bits per heavy atom. The number of nitrogen functional groups attached to an aromatic ring is 1. The summed E-state index contributed by atoms with van der Waals surface area (Å²) in [5, 5.41) is 10.0. The maximum Gasteiger partial charge on any atom is 0.184 e. The van der Waals surface area contributed by atoms with E-state index in [0.29, 0.717) is 5.82 Å². The third kappa shape index (κ3) is 1.74. The molecule has 18 heavy (non-hydrogen) atoms. The van der Waals surface area contributed by atoms with E-state index < -0.39 is 0 Å². The zero-order valence-electron chi connectivity index (χ0n) is 10.0. The van der Waals surface area contributed by atoms with Gasteiger partial charge < -0.3 is 5.73 Å². The van der Waals surface area contributed by atoms with Crippen molar-refractivity contribution in [3.8, 4) is 22.1 Å². The summed E-state index contributed by atoms with van der Waals surface area (Å²) < 4.78 is 0. The van der Waals surface area contributed by atoms with Crippen molar-refractivity contribution in [1.29, 1.82) is 0 Å². The summed E-state index contributed by atoms with van der Waals surface area (Å²) in [5.74, 6) is 1.47. The van der Waals surface area contributed by atoms with Gasteiger partial charge in [0.15, 0.2) is 11.6 Å². The van der Waals surface area contributed by atoms with Gasteiger partial charge in [-0.15, -0.1) is 22.7 Å². The summed E-state index contributed by atoms with van der Waals surface area (Å²) in [6, 6.07) is 4.01. The van der Waals surface area contributed by atoms with Crippen LogP contribution >= 0.6 is 22.7 Å². The lowest BCUT2D eigenvalue weighted by molar-refractivity contribution is 1.10. The highest BCUT2D eigenvalue weighted by molar-refractivity contribution is 7.16. The Balaban J connectivity index is 2.08. The topological polar surface area (TPSA) is 67.6 Å². The van der Waals surface area contributed by atoms with Gasteiger partial charge in [0, 0.05) is 4.88 Å². The number of hydrogen-bond donors (Lipinski definition) is 2. The van der Waals surface area contributed by atoms with Crippen molar-refractivity contribution in [2.45, 2.75) is 13.8 Å². The van der Waals surface area contributed by atoms with Gasteiger partial charge in [0.05, 0.1) is 15.4 Å². The van der Waals surface area contributed by atoms with E-state index in [4.69, 9.17) is 5.73 Å². The average molecular weight is 276 g/mol. The van der Waals surface area contributed by atoms with Crippen LogP contribution in [0.1, 0.15) is 10.4 Å². The number of H-pyrrole nitrogens is 1. The van der Waals surface area contributed by atoms with Gasteiger partial charge in [-0.2, -0.15) is 5.10 Å². The van der Waals surface area contributed by atoms with E-state index in [-0.39, 0.29) is 0 Å². The molecule has 0 amide bonds. The fourth-order valence-electron chi connectivity index (χ4n) is 1.83. The molecule has 0 aromatic carbocycles. The number of nitrogens with one attached hydrogen (secondary N) is 1. The molecule has 0 atom stereocenters. The summed E-state index contributed by atoms with van der Waals surface area (Å²) in [7, 11) is 0. The SMILES string of the molecule is Cc1sc(N)c(-c2n[nH]c(-c3cccs3)n2)c1C. The van der Waals surface area contributed by atoms with Crippen molar-refractivity contribution in [2.75, 3.05) is 5.73 Å². The fraction of sp³-hybridized carbons (Fsp3) is 0.167. The summed E-state index contributed by atoms with van der Waals surface area (Å²) in [6.07, 6.45) is 0. The lowest BCUT2D eigenvalue weighted by Crippen LogP contribution is -1.88. The molecule has 0 radical (unpaired) electrons. The number of hydrogen-bond acceptors (Lipinski definition) is 5. The van der Waals surface area contributed by atoms with Crippen LogP contribution in [0.4, 0.5) is 5.00 Å². The molecule has 0 spiro atoms. The molecule has 3 N–H and O–H groups in total. The zero-order valence-corrected chi connectivity index (χ0v) is 11.7. The summed E-state index contributed by atoms with van der Waals surface area (Å²) >= 11 is 3.22. The molecule has 3 aromatic heterocycles. The summed E-state index contributed by atoms with van der Waals surface area (Å²) in [6.45, 7) is 4.12. The van der Waals surface area contributed by atoms with Crippen LogP contribution in [0.3, 0.4) is 0 Å². The quantitative estimate of drug-likeness (QED) is 0.753. The average Bonchev–Trinajstić information content (AvgIpc) is 3.01. The van der Waals surface area contributed by atoms with Crippen LogP contribution in [0, 0.1) is 13.8 Å². The standard InChI is InChI=1S/C12H12N4S2/c1-6-7(2)18-10(13)9(6)12-14-11(15-16-12)8-4-3-5-17-8/h3-5H,13H2,1-2H3,(H,14,15,16). The number of nitrogens with two attached hydrogens (primary N) is 1. The van der Waals surface area contributed by atoms with Crippen molar-refractivity contribution in [2.24, 2.45) is 0 Å². The van der Waals surface area contributed by atoms with Crippen molar-refractivity contribution >= 4 is 27.7 Å². The molecule has 3 aromatic rings. The number of anilines is 1. The minimum atomic E-state index is 0.678. The Kier molecular flexibility index (Phi) is 2.68. The number of thiophene rings is 2. The van der Waals surface area contributed by atoms with Gasteiger partial charge in [-0.3, -0.25) is 5.10 Å². The van der Waals surface area contributed by atoms with Gasteiger partial charge in [-0.25, -0.2) is 4.98 Å². The first kappa shape index (κ1) is 11.4. The number of aryl methyl sites for hydroxylation is 1. The first-order valence-corrected chi connectivity index (χ1v) is 7.18. The second kappa shape index (κ2) is 4.22. The van der Waals surface area contributed by atoms with Gasteiger partial charge in [-0.1, -0.05) is 6.07 Å². The third-order valence-electron chi connectivity index (χ3n) is 2.88. The van der Waals surface area contributed by atoms with Gasteiger partial charge >= 0.3 is 0 Å².